The molecule has 0 aliphatic carbocycles. The topological polar surface area (TPSA) is 20.3 Å². The van der Waals surface area contributed by atoms with Gasteiger partial charge in [0.25, 0.3) is 0 Å². The standard InChI is InChI=1S/C22H32ClN.C11H14O.C6H5Cl.C4H10S/c1-7-18(5)15-19(8-2)9-14-22(24(6)16-17(3)4)20-10-12-21(23)13-11-20;1-8(2)11(12)10-6-4-9(3)5-7-10;7-6-4-2-1-3-5-6;1-4(2)5-3/h8,10-13,17,19,22H,1-2,9,14-16H2,3-6H3;4-8H,1-3H3;1-5H;4H,1-3H3. The van der Waals surface area contributed by atoms with Gasteiger partial charge < -0.3 is 0 Å². The molecule has 0 saturated carbocycles. The summed E-state index contributed by atoms with van der Waals surface area (Å²) in [6, 6.07) is 25.8. The first kappa shape index (κ1) is 45.5. The van der Waals surface area contributed by atoms with Crippen molar-refractivity contribution in [1.82, 2.24) is 4.90 Å². The number of ketones is 1. The fourth-order valence-electron chi connectivity index (χ4n) is 4.64. The monoisotopic (exact) mass is 709 g/mol. The summed E-state index contributed by atoms with van der Waals surface area (Å²) < 4.78 is 0. The highest BCUT2D eigenvalue weighted by Gasteiger charge is 2.19. The van der Waals surface area contributed by atoms with Crippen LogP contribution in [0.4, 0.5) is 0 Å². The average molecular weight is 711 g/mol. The van der Waals surface area contributed by atoms with Gasteiger partial charge in [-0.3, -0.25) is 9.69 Å². The third kappa shape index (κ3) is 21.5. The van der Waals surface area contributed by atoms with Crippen LogP contribution in [0.2, 0.25) is 10.0 Å². The molecule has 0 aliphatic heterocycles. The van der Waals surface area contributed by atoms with Crippen LogP contribution in [0.15, 0.2) is 109 Å². The maximum absolute atomic E-state index is 11.5. The Kier molecular flexibility index (Phi) is 25.0. The number of carbonyl (C=O) groups is 1. The van der Waals surface area contributed by atoms with E-state index in [2.05, 4.69) is 89.9 Å². The minimum atomic E-state index is 0.0905. The fourth-order valence-corrected chi connectivity index (χ4v) is 4.91. The first-order valence-electron chi connectivity index (χ1n) is 16.9. The Hall–Kier alpha value is -2.52. The summed E-state index contributed by atoms with van der Waals surface area (Å²) in [4.78, 5) is 13.9. The second-order valence-electron chi connectivity index (χ2n) is 13.1. The molecule has 3 aromatic carbocycles. The summed E-state index contributed by atoms with van der Waals surface area (Å²) in [6.07, 6.45) is 7.39. The molecule has 5 heteroatoms. The van der Waals surface area contributed by atoms with E-state index in [1.807, 2.05) is 99.3 Å². The van der Waals surface area contributed by atoms with Crippen LogP contribution in [0, 0.1) is 24.7 Å². The second kappa shape index (κ2) is 26.4. The number of rotatable bonds is 13. The molecule has 0 spiro atoms. The maximum atomic E-state index is 11.5. The van der Waals surface area contributed by atoms with Crippen molar-refractivity contribution in [3.8, 4) is 0 Å². The Bertz CT molecular complexity index is 1330. The number of thioether (sulfide) groups is 1. The SMILES string of the molecule is C=C=C(C)CC(C=C)CCC(c1ccc(Cl)cc1)N(C)CC(C)C.CSC(C)C.Cc1ccc(C(=O)C(C)C)cc1.Clc1ccccc1. The van der Waals surface area contributed by atoms with Crippen molar-refractivity contribution in [2.75, 3.05) is 19.8 Å². The molecule has 2 unspecified atom stereocenters. The summed E-state index contributed by atoms with van der Waals surface area (Å²) in [5.74, 6) is 1.43. The number of allylic oxidation sites excluding steroid dienone is 2. The third-order valence-corrected chi connectivity index (χ3v) is 8.97. The minimum Gasteiger partial charge on any atom is -0.299 e. The molecule has 0 radical (unpaired) electrons. The predicted octanol–water partition coefficient (Wildman–Crippen LogP) is 13.6. The van der Waals surface area contributed by atoms with Crippen LogP contribution >= 0.6 is 35.0 Å². The van der Waals surface area contributed by atoms with Crippen LogP contribution in [-0.4, -0.2) is 35.8 Å². The molecule has 2 nitrogen and oxygen atoms in total. The van der Waals surface area contributed by atoms with E-state index in [0.29, 0.717) is 17.9 Å². The van der Waals surface area contributed by atoms with E-state index < -0.39 is 0 Å². The number of benzene rings is 3. The number of nitrogens with zero attached hydrogens (tertiary/aromatic N) is 1. The lowest BCUT2D eigenvalue weighted by Gasteiger charge is -2.31. The molecule has 0 aromatic heterocycles. The first-order valence-corrected chi connectivity index (χ1v) is 19.0. The maximum Gasteiger partial charge on any atom is 0.165 e. The van der Waals surface area contributed by atoms with Gasteiger partial charge in [0.05, 0.1) is 0 Å². The molecular formula is C43H61Cl2NOS. The van der Waals surface area contributed by atoms with Crippen LogP contribution in [0.3, 0.4) is 0 Å². The van der Waals surface area contributed by atoms with Crippen molar-refractivity contribution < 1.29 is 4.79 Å². The van der Waals surface area contributed by atoms with E-state index in [-0.39, 0.29) is 11.7 Å². The zero-order valence-corrected chi connectivity index (χ0v) is 33.6. The van der Waals surface area contributed by atoms with E-state index in [4.69, 9.17) is 23.2 Å². The van der Waals surface area contributed by atoms with Crippen molar-refractivity contribution >= 4 is 40.7 Å². The van der Waals surface area contributed by atoms with Gasteiger partial charge in [-0.25, -0.2) is 0 Å². The van der Waals surface area contributed by atoms with Gasteiger partial charge in [-0.15, -0.1) is 12.3 Å². The highest BCUT2D eigenvalue weighted by Crippen LogP contribution is 2.30. The van der Waals surface area contributed by atoms with Crippen molar-refractivity contribution in [1.29, 1.82) is 0 Å². The van der Waals surface area contributed by atoms with Crippen molar-refractivity contribution in [3.63, 3.8) is 0 Å². The third-order valence-electron chi connectivity index (χ3n) is 7.52. The zero-order chi connectivity index (χ0) is 36.6. The van der Waals surface area contributed by atoms with Gasteiger partial charge in [-0.1, -0.05) is 138 Å². The highest BCUT2D eigenvalue weighted by molar-refractivity contribution is 7.99. The molecule has 2 atom stereocenters. The average Bonchev–Trinajstić information content (AvgIpc) is 3.05. The fraction of sp³-hybridized carbons (Fsp3) is 0.442. The second-order valence-corrected chi connectivity index (χ2v) is 15.4. The number of halogens is 2. The van der Waals surface area contributed by atoms with Gasteiger partial charge in [0.15, 0.2) is 5.78 Å². The number of Topliss-reactive ketones (excluding diaryl/α,β-unsaturated/α-hetero) is 1. The molecule has 0 heterocycles. The predicted molar refractivity (Wildman–Crippen MR) is 218 cm³/mol. The largest absolute Gasteiger partial charge is 0.299 e. The Balaban J connectivity index is 0.000000751. The van der Waals surface area contributed by atoms with Gasteiger partial charge >= 0.3 is 0 Å². The van der Waals surface area contributed by atoms with Gasteiger partial charge in [0.1, 0.15) is 0 Å². The molecule has 0 amide bonds. The summed E-state index contributed by atoms with van der Waals surface area (Å²) in [5.41, 5.74) is 7.54. The van der Waals surface area contributed by atoms with Crippen LogP contribution in [-0.2, 0) is 0 Å². The molecule has 0 fully saturated rings. The van der Waals surface area contributed by atoms with Crippen molar-refractivity contribution in [2.24, 2.45) is 17.8 Å². The van der Waals surface area contributed by atoms with Crippen molar-refractivity contribution in [3.05, 3.63) is 136 Å². The van der Waals surface area contributed by atoms with E-state index in [0.717, 1.165) is 46.7 Å². The van der Waals surface area contributed by atoms with E-state index in [1.54, 1.807) is 0 Å². The smallest absolute Gasteiger partial charge is 0.165 e. The van der Waals surface area contributed by atoms with Gasteiger partial charge in [0.2, 0.25) is 0 Å². The Morgan fingerprint density at radius 3 is 1.79 bits per heavy atom. The molecule has 264 valence electrons. The molecule has 3 rings (SSSR count). The lowest BCUT2D eigenvalue weighted by Crippen LogP contribution is -2.28. The highest BCUT2D eigenvalue weighted by atomic mass is 35.5. The summed E-state index contributed by atoms with van der Waals surface area (Å²) >= 11 is 13.5. The lowest BCUT2D eigenvalue weighted by atomic mass is 9.91. The zero-order valence-electron chi connectivity index (χ0n) is 31.2. The van der Waals surface area contributed by atoms with E-state index in [9.17, 15) is 4.79 Å². The van der Waals surface area contributed by atoms with Gasteiger partial charge in [-0.2, -0.15) is 11.8 Å². The number of carbonyl (C=O) groups excluding carboxylic acids is 1. The first-order chi connectivity index (χ1) is 22.6. The number of hydrogen-bond acceptors (Lipinski definition) is 3. The molecule has 0 bridgehead atoms. The van der Waals surface area contributed by atoms with E-state index >= 15 is 0 Å². The van der Waals surface area contributed by atoms with Crippen LogP contribution in [0.1, 0.15) is 95.3 Å². The number of aryl methyl sites for hydroxylation is 1. The quantitative estimate of drug-likeness (QED) is 0.100. The Labute approximate surface area is 308 Å². The summed E-state index contributed by atoms with van der Waals surface area (Å²) in [7, 11) is 2.22. The molecule has 0 saturated heterocycles. The van der Waals surface area contributed by atoms with Crippen LogP contribution in [0.5, 0.6) is 0 Å². The summed E-state index contributed by atoms with van der Waals surface area (Å²) in [5, 5.41) is 2.39. The van der Waals surface area contributed by atoms with Crippen LogP contribution < -0.4 is 0 Å². The molecule has 0 aliphatic rings. The van der Waals surface area contributed by atoms with Gasteiger partial charge in [0, 0.05) is 34.1 Å². The minimum absolute atomic E-state index is 0.0905. The van der Waals surface area contributed by atoms with E-state index in [1.165, 1.54) is 16.7 Å². The lowest BCUT2D eigenvalue weighted by molar-refractivity contribution is 0.0939. The van der Waals surface area contributed by atoms with Crippen LogP contribution in [0.25, 0.3) is 0 Å². The van der Waals surface area contributed by atoms with Gasteiger partial charge in [-0.05, 0) is 98.9 Å². The number of hydrogen-bond donors (Lipinski definition) is 0. The normalized spacial score (nSPS) is 11.7. The molecule has 48 heavy (non-hydrogen) atoms. The Morgan fingerprint density at radius 2 is 1.40 bits per heavy atom. The summed E-state index contributed by atoms with van der Waals surface area (Å²) in [6.45, 7) is 25.7. The molecule has 0 N–H and O–H groups in total. The van der Waals surface area contributed by atoms with Crippen molar-refractivity contribution in [2.45, 2.75) is 85.9 Å². The Morgan fingerprint density at radius 1 is 0.875 bits per heavy atom. The molecular weight excluding hydrogens is 649 g/mol. The molecule has 3 aromatic rings.